The van der Waals surface area contributed by atoms with E-state index in [1.54, 1.807) is 34.9 Å². The summed E-state index contributed by atoms with van der Waals surface area (Å²) in [5.41, 5.74) is 0.463. The Bertz CT molecular complexity index is 1030. The minimum absolute atomic E-state index is 0.133. The average Bonchev–Trinajstić information content (AvgIpc) is 3.06. The lowest BCUT2D eigenvalue weighted by Crippen LogP contribution is -2.15. The van der Waals surface area contributed by atoms with E-state index in [1.165, 1.54) is 11.8 Å². The molecule has 6 nitrogen and oxygen atoms in total. The number of hydrogen-bond acceptors (Lipinski definition) is 5. The highest BCUT2D eigenvalue weighted by molar-refractivity contribution is 7.99. The number of ether oxygens (including phenoxy) is 1. The number of nitrogens with zero attached hydrogens (tertiary/aromatic N) is 3. The van der Waals surface area contributed by atoms with Gasteiger partial charge >= 0.3 is 0 Å². The van der Waals surface area contributed by atoms with Gasteiger partial charge in [-0.15, -0.1) is 10.2 Å². The molecular weight excluding hydrogens is 455 g/mol. The van der Waals surface area contributed by atoms with Crippen LogP contribution in [0.4, 0.5) is 5.69 Å². The molecule has 0 aliphatic rings. The van der Waals surface area contributed by atoms with Gasteiger partial charge in [0.15, 0.2) is 17.1 Å². The zero-order valence-electron chi connectivity index (χ0n) is 15.5. The summed E-state index contributed by atoms with van der Waals surface area (Å²) in [7, 11) is 1.82. The highest BCUT2D eigenvalue weighted by atomic mass is 35.5. The van der Waals surface area contributed by atoms with Gasteiger partial charge in [0, 0.05) is 7.05 Å². The number of para-hydroxylation sites is 1. The number of anilines is 1. The Morgan fingerprint density at radius 1 is 1.14 bits per heavy atom. The molecular formula is C19H17Cl3N4O2S. The molecule has 0 aliphatic carbocycles. The van der Waals surface area contributed by atoms with Gasteiger partial charge in [0.25, 0.3) is 0 Å². The molecule has 0 unspecified atom stereocenters. The van der Waals surface area contributed by atoms with Crippen LogP contribution in [0.2, 0.25) is 15.1 Å². The number of thioether (sulfide) groups is 1. The summed E-state index contributed by atoms with van der Waals surface area (Å²) in [6, 6.07) is 12.3. The van der Waals surface area contributed by atoms with Gasteiger partial charge < -0.3 is 14.6 Å². The van der Waals surface area contributed by atoms with E-state index < -0.39 is 0 Å². The number of hydrogen-bond donors (Lipinski definition) is 1. The molecule has 3 aromatic rings. The molecule has 3 rings (SSSR count). The predicted molar refractivity (Wildman–Crippen MR) is 117 cm³/mol. The lowest BCUT2D eigenvalue weighted by atomic mass is 10.3. The number of carbonyl (C=O) groups excluding carboxylic acids is 1. The van der Waals surface area contributed by atoms with E-state index in [0.29, 0.717) is 37.5 Å². The van der Waals surface area contributed by atoms with Crippen LogP contribution in [0.3, 0.4) is 0 Å². The first-order chi connectivity index (χ1) is 13.9. The van der Waals surface area contributed by atoms with Crippen LogP contribution in [0, 0.1) is 0 Å². The predicted octanol–water partition coefficient (Wildman–Crippen LogP) is 5.65. The minimum atomic E-state index is -0.374. The van der Waals surface area contributed by atoms with Crippen molar-refractivity contribution in [2.45, 2.75) is 18.2 Å². The zero-order valence-corrected chi connectivity index (χ0v) is 18.6. The van der Waals surface area contributed by atoms with Crippen LogP contribution in [0.1, 0.15) is 18.9 Å². The Labute approximate surface area is 187 Å². The minimum Gasteiger partial charge on any atom is -0.481 e. The molecule has 1 amide bonds. The quantitative estimate of drug-likeness (QED) is 0.451. The molecule has 1 N–H and O–H groups in total. The van der Waals surface area contributed by atoms with Crippen molar-refractivity contribution in [3.05, 3.63) is 63.4 Å². The number of amides is 1. The van der Waals surface area contributed by atoms with E-state index in [4.69, 9.17) is 39.5 Å². The van der Waals surface area contributed by atoms with Crippen LogP contribution in [0.15, 0.2) is 47.6 Å². The topological polar surface area (TPSA) is 69.0 Å². The van der Waals surface area contributed by atoms with E-state index in [2.05, 4.69) is 15.5 Å². The van der Waals surface area contributed by atoms with Crippen molar-refractivity contribution >= 4 is 58.2 Å². The second kappa shape index (κ2) is 9.71. The molecule has 152 valence electrons. The SMILES string of the molecule is C[C@H](Oc1ccccc1Cl)c1nnc(SCC(=O)Nc2cccc(Cl)c2Cl)n1C. The molecule has 1 heterocycles. The van der Waals surface area contributed by atoms with E-state index >= 15 is 0 Å². The summed E-state index contributed by atoms with van der Waals surface area (Å²) >= 11 is 19.4. The second-order valence-electron chi connectivity index (χ2n) is 6.03. The summed E-state index contributed by atoms with van der Waals surface area (Å²) < 4.78 is 7.67. The summed E-state index contributed by atoms with van der Waals surface area (Å²) in [6.45, 7) is 1.86. The maximum absolute atomic E-state index is 12.2. The van der Waals surface area contributed by atoms with Gasteiger partial charge in [-0.1, -0.05) is 64.8 Å². The van der Waals surface area contributed by atoms with Crippen LogP contribution in [0.25, 0.3) is 0 Å². The number of aromatic nitrogens is 3. The fourth-order valence-corrected chi connectivity index (χ4v) is 3.75. The molecule has 2 aromatic carbocycles. The fraction of sp³-hybridized carbons (Fsp3) is 0.211. The molecule has 0 saturated heterocycles. The Hall–Kier alpha value is -1.93. The molecule has 1 atom stereocenters. The van der Waals surface area contributed by atoms with Crippen molar-refractivity contribution < 1.29 is 9.53 Å². The monoisotopic (exact) mass is 470 g/mol. The normalized spacial score (nSPS) is 11.9. The third-order valence-electron chi connectivity index (χ3n) is 3.93. The molecule has 0 radical (unpaired) electrons. The number of halogens is 3. The van der Waals surface area contributed by atoms with Crippen molar-refractivity contribution in [3.63, 3.8) is 0 Å². The van der Waals surface area contributed by atoms with Crippen LogP contribution in [-0.2, 0) is 11.8 Å². The second-order valence-corrected chi connectivity index (χ2v) is 8.16. The van der Waals surface area contributed by atoms with Crippen LogP contribution in [0.5, 0.6) is 5.75 Å². The molecule has 0 saturated carbocycles. The maximum Gasteiger partial charge on any atom is 0.234 e. The lowest BCUT2D eigenvalue weighted by Gasteiger charge is -2.15. The summed E-state index contributed by atoms with van der Waals surface area (Å²) in [5.74, 6) is 1.08. The van der Waals surface area contributed by atoms with E-state index in [-0.39, 0.29) is 17.8 Å². The lowest BCUT2D eigenvalue weighted by molar-refractivity contribution is -0.113. The molecule has 0 aliphatic heterocycles. The summed E-state index contributed by atoms with van der Waals surface area (Å²) in [4.78, 5) is 12.2. The average molecular weight is 472 g/mol. The first-order valence-electron chi connectivity index (χ1n) is 8.54. The third-order valence-corrected chi connectivity index (χ3v) is 6.08. The van der Waals surface area contributed by atoms with Gasteiger partial charge in [-0.05, 0) is 31.2 Å². The van der Waals surface area contributed by atoms with Gasteiger partial charge in [0.2, 0.25) is 5.91 Å². The van der Waals surface area contributed by atoms with E-state index in [1.807, 2.05) is 26.1 Å². The Morgan fingerprint density at radius 2 is 1.86 bits per heavy atom. The Kier molecular flexibility index (Phi) is 7.29. The standard InChI is InChI=1S/C19H17Cl3N4O2S/c1-11(28-15-9-4-3-6-12(15)20)18-24-25-19(26(18)2)29-10-16(27)23-14-8-5-7-13(21)17(14)22/h3-9,11H,10H2,1-2H3,(H,23,27)/t11-/m0/s1. The molecule has 10 heteroatoms. The highest BCUT2D eigenvalue weighted by Crippen LogP contribution is 2.31. The van der Waals surface area contributed by atoms with Crippen molar-refractivity contribution in [2.24, 2.45) is 7.05 Å². The molecule has 1 aromatic heterocycles. The number of carbonyl (C=O) groups is 1. The van der Waals surface area contributed by atoms with Gasteiger partial charge in [-0.2, -0.15) is 0 Å². The molecule has 29 heavy (non-hydrogen) atoms. The maximum atomic E-state index is 12.2. The summed E-state index contributed by atoms with van der Waals surface area (Å²) in [5, 5.41) is 12.9. The van der Waals surface area contributed by atoms with Gasteiger partial charge in [-0.3, -0.25) is 4.79 Å². The Balaban J connectivity index is 1.61. The summed E-state index contributed by atoms with van der Waals surface area (Å²) in [6.07, 6.45) is -0.374. The van der Waals surface area contributed by atoms with Crippen molar-refractivity contribution in [1.29, 1.82) is 0 Å². The fourth-order valence-electron chi connectivity index (χ4n) is 2.51. The third kappa shape index (κ3) is 5.36. The van der Waals surface area contributed by atoms with Crippen LogP contribution >= 0.6 is 46.6 Å². The molecule has 0 fully saturated rings. The van der Waals surface area contributed by atoms with Crippen molar-refractivity contribution in [1.82, 2.24) is 14.8 Å². The Morgan fingerprint density at radius 3 is 2.62 bits per heavy atom. The first-order valence-corrected chi connectivity index (χ1v) is 10.7. The zero-order chi connectivity index (χ0) is 21.0. The van der Waals surface area contributed by atoms with E-state index in [0.717, 1.165) is 0 Å². The van der Waals surface area contributed by atoms with Crippen LogP contribution < -0.4 is 10.1 Å². The number of benzene rings is 2. The molecule has 0 bridgehead atoms. The number of nitrogens with one attached hydrogen (secondary N) is 1. The van der Waals surface area contributed by atoms with Crippen molar-refractivity contribution in [2.75, 3.05) is 11.1 Å². The van der Waals surface area contributed by atoms with Crippen molar-refractivity contribution in [3.8, 4) is 5.75 Å². The van der Waals surface area contributed by atoms with Gasteiger partial charge in [-0.25, -0.2) is 0 Å². The van der Waals surface area contributed by atoms with Crippen LogP contribution in [-0.4, -0.2) is 26.4 Å². The first kappa shape index (κ1) is 21.8. The smallest absolute Gasteiger partial charge is 0.234 e. The van der Waals surface area contributed by atoms with E-state index in [9.17, 15) is 4.79 Å². The van der Waals surface area contributed by atoms with Gasteiger partial charge in [0.1, 0.15) is 5.75 Å². The van der Waals surface area contributed by atoms with Gasteiger partial charge in [0.05, 0.1) is 26.5 Å². The molecule has 0 spiro atoms. The largest absolute Gasteiger partial charge is 0.481 e. The number of rotatable bonds is 7. The highest BCUT2D eigenvalue weighted by Gasteiger charge is 2.19.